The average molecular weight is 270 g/mol. The largest absolute Gasteiger partial charge is 0.482 e. The summed E-state index contributed by atoms with van der Waals surface area (Å²) in [7, 11) is 0. The predicted molar refractivity (Wildman–Crippen MR) is 76.5 cm³/mol. The summed E-state index contributed by atoms with van der Waals surface area (Å²) in [5.74, 6) is 0.425. The first-order valence-electron chi connectivity index (χ1n) is 6.21. The Kier molecular flexibility index (Phi) is 3.12. The molecular formula is C14H14N4O2. The average Bonchev–Trinajstić information content (AvgIpc) is 2.46. The van der Waals surface area contributed by atoms with E-state index in [4.69, 9.17) is 10.5 Å². The normalized spacial score (nSPS) is 13.1. The summed E-state index contributed by atoms with van der Waals surface area (Å²) < 4.78 is 5.30. The Morgan fingerprint density at radius 2 is 2.35 bits per heavy atom. The standard InChI is InChI=1S/C14H14N4O2/c15-10-4-13-12(18-14(19)8-20-13)5-11(10)17-7-9-2-1-3-16-6-9/h1-6,17H,7-8,15H2,(H,18,19). The molecule has 1 aromatic carbocycles. The number of benzene rings is 1. The molecule has 1 amide bonds. The highest BCUT2D eigenvalue weighted by Crippen LogP contribution is 2.35. The van der Waals surface area contributed by atoms with E-state index in [2.05, 4.69) is 15.6 Å². The van der Waals surface area contributed by atoms with Gasteiger partial charge in [-0.25, -0.2) is 0 Å². The monoisotopic (exact) mass is 270 g/mol. The van der Waals surface area contributed by atoms with Gasteiger partial charge in [-0.15, -0.1) is 0 Å². The third kappa shape index (κ3) is 2.49. The number of nitrogens with zero attached hydrogens (tertiary/aromatic N) is 1. The molecule has 0 fully saturated rings. The third-order valence-electron chi connectivity index (χ3n) is 2.99. The van der Waals surface area contributed by atoms with Crippen molar-refractivity contribution in [3.8, 4) is 5.75 Å². The van der Waals surface area contributed by atoms with Crippen LogP contribution in [0.2, 0.25) is 0 Å². The summed E-state index contributed by atoms with van der Waals surface area (Å²) in [5.41, 5.74) is 8.97. The zero-order valence-corrected chi connectivity index (χ0v) is 10.7. The molecule has 3 rings (SSSR count). The number of hydrogen-bond acceptors (Lipinski definition) is 5. The van der Waals surface area contributed by atoms with Crippen LogP contribution in [0.15, 0.2) is 36.7 Å². The predicted octanol–water partition coefficient (Wildman–Crippen LogP) is 1.61. The molecule has 0 spiro atoms. The molecule has 2 aromatic rings. The van der Waals surface area contributed by atoms with E-state index in [0.29, 0.717) is 23.7 Å². The number of fused-ring (bicyclic) bond motifs is 1. The van der Waals surface area contributed by atoms with E-state index in [1.807, 2.05) is 12.1 Å². The zero-order chi connectivity index (χ0) is 13.9. The molecule has 102 valence electrons. The van der Waals surface area contributed by atoms with Crippen molar-refractivity contribution in [2.24, 2.45) is 0 Å². The third-order valence-corrected chi connectivity index (χ3v) is 2.99. The summed E-state index contributed by atoms with van der Waals surface area (Å²) in [6.07, 6.45) is 3.51. The number of nitrogens with two attached hydrogens (primary N) is 1. The molecule has 0 bridgehead atoms. The van der Waals surface area contributed by atoms with Gasteiger partial charge in [0, 0.05) is 25.0 Å². The highest BCUT2D eigenvalue weighted by atomic mass is 16.5. The number of rotatable bonds is 3. The molecule has 0 saturated carbocycles. The highest BCUT2D eigenvalue weighted by Gasteiger charge is 2.17. The van der Waals surface area contributed by atoms with Gasteiger partial charge in [0.2, 0.25) is 0 Å². The van der Waals surface area contributed by atoms with E-state index in [0.717, 1.165) is 11.3 Å². The first-order chi connectivity index (χ1) is 9.72. The van der Waals surface area contributed by atoms with Crippen molar-refractivity contribution < 1.29 is 9.53 Å². The summed E-state index contributed by atoms with van der Waals surface area (Å²) in [6.45, 7) is 0.626. The Balaban J connectivity index is 1.80. The number of hydrogen-bond donors (Lipinski definition) is 3. The van der Waals surface area contributed by atoms with Crippen LogP contribution in [-0.4, -0.2) is 17.5 Å². The lowest BCUT2D eigenvalue weighted by Gasteiger charge is -2.20. The van der Waals surface area contributed by atoms with Crippen LogP contribution in [0.3, 0.4) is 0 Å². The van der Waals surface area contributed by atoms with Crippen LogP contribution in [0.25, 0.3) is 0 Å². The second kappa shape index (κ2) is 5.08. The molecule has 0 saturated heterocycles. The SMILES string of the molecule is Nc1cc2c(cc1NCc1cccnc1)NC(=O)CO2. The summed E-state index contributed by atoms with van der Waals surface area (Å²) in [6, 6.07) is 7.33. The van der Waals surface area contributed by atoms with Crippen molar-refractivity contribution in [1.29, 1.82) is 0 Å². The maximum Gasteiger partial charge on any atom is 0.262 e. The fourth-order valence-electron chi connectivity index (χ4n) is 2.00. The maximum absolute atomic E-state index is 11.3. The van der Waals surface area contributed by atoms with Gasteiger partial charge < -0.3 is 21.1 Å². The summed E-state index contributed by atoms with van der Waals surface area (Å²) in [5, 5.41) is 5.98. The minimum Gasteiger partial charge on any atom is -0.482 e. The molecular weight excluding hydrogens is 256 g/mol. The molecule has 1 aliphatic heterocycles. The molecule has 1 aliphatic rings. The van der Waals surface area contributed by atoms with Crippen LogP contribution in [0, 0.1) is 0 Å². The van der Waals surface area contributed by atoms with Crippen LogP contribution >= 0.6 is 0 Å². The number of aromatic nitrogens is 1. The van der Waals surface area contributed by atoms with E-state index in [1.54, 1.807) is 24.5 Å². The van der Waals surface area contributed by atoms with Gasteiger partial charge in [-0.05, 0) is 17.7 Å². The van der Waals surface area contributed by atoms with Crippen molar-refractivity contribution in [3.05, 3.63) is 42.2 Å². The zero-order valence-electron chi connectivity index (χ0n) is 10.7. The van der Waals surface area contributed by atoms with Gasteiger partial charge in [-0.1, -0.05) is 6.07 Å². The lowest BCUT2D eigenvalue weighted by Crippen LogP contribution is -2.25. The summed E-state index contributed by atoms with van der Waals surface area (Å²) >= 11 is 0. The number of amides is 1. The molecule has 1 aromatic heterocycles. The number of anilines is 3. The van der Waals surface area contributed by atoms with E-state index < -0.39 is 0 Å². The molecule has 20 heavy (non-hydrogen) atoms. The Labute approximate surface area is 116 Å². The smallest absolute Gasteiger partial charge is 0.262 e. The van der Waals surface area contributed by atoms with Gasteiger partial charge >= 0.3 is 0 Å². The fourth-order valence-corrected chi connectivity index (χ4v) is 2.00. The van der Waals surface area contributed by atoms with Crippen molar-refractivity contribution in [3.63, 3.8) is 0 Å². The van der Waals surface area contributed by atoms with Crippen molar-refractivity contribution in [2.75, 3.05) is 23.0 Å². The second-order valence-corrected chi connectivity index (χ2v) is 4.49. The summed E-state index contributed by atoms with van der Waals surface area (Å²) in [4.78, 5) is 15.4. The molecule has 2 heterocycles. The van der Waals surface area contributed by atoms with Crippen LogP contribution in [-0.2, 0) is 11.3 Å². The highest BCUT2D eigenvalue weighted by molar-refractivity contribution is 5.97. The Hall–Kier alpha value is -2.76. The van der Waals surface area contributed by atoms with Crippen LogP contribution in [0.1, 0.15) is 5.56 Å². The molecule has 0 atom stereocenters. The number of carbonyl (C=O) groups is 1. The molecule has 0 aliphatic carbocycles. The van der Waals surface area contributed by atoms with E-state index in [-0.39, 0.29) is 12.5 Å². The minimum atomic E-state index is -0.166. The fraction of sp³-hybridized carbons (Fsp3) is 0.143. The quantitative estimate of drug-likeness (QED) is 0.737. The molecule has 6 heteroatoms. The van der Waals surface area contributed by atoms with Crippen molar-refractivity contribution in [1.82, 2.24) is 4.98 Å². The number of pyridine rings is 1. The topological polar surface area (TPSA) is 89.3 Å². The first-order valence-corrected chi connectivity index (χ1v) is 6.21. The first kappa shape index (κ1) is 12.3. The minimum absolute atomic E-state index is 0.0227. The van der Waals surface area contributed by atoms with Gasteiger partial charge in [-0.3, -0.25) is 9.78 Å². The number of carbonyl (C=O) groups excluding carboxylic acids is 1. The second-order valence-electron chi connectivity index (χ2n) is 4.49. The maximum atomic E-state index is 11.3. The molecule has 0 radical (unpaired) electrons. The van der Waals surface area contributed by atoms with Gasteiger partial charge in [-0.2, -0.15) is 0 Å². The number of nitrogen functional groups attached to an aromatic ring is 1. The number of ether oxygens (including phenoxy) is 1. The lowest BCUT2D eigenvalue weighted by atomic mass is 10.2. The van der Waals surface area contributed by atoms with Crippen LogP contribution in [0.4, 0.5) is 17.1 Å². The molecule has 0 unspecified atom stereocenters. The van der Waals surface area contributed by atoms with E-state index >= 15 is 0 Å². The molecule has 6 nitrogen and oxygen atoms in total. The van der Waals surface area contributed by atoms with Gasteiger partial charge in [0.05, 0.1) is 17.1 Å². The van der Waals surface area contributed by atoms with Crippen molar-refractivity contribution >= 4 is 23.0 Å². The van der Waals surface area contributed by atoms with E-state index in [9.17, 15) is 4.79 Å². The number of nitrogens with one attached hydrogen (secondary N) is 2. The van der Waals surface area contributed by atoms with E-state index in [1.165, 1.54) is 0 Å². The van der Waals surface area contributed by atoms with Crippen LogP contribution in [0.5, 0.6) is 5.75 Å². The Bertz CT molecular complexity index is 643. The van der Waals surface area contributed by atoms with Gasteiger partial charge in [0.15, 0.2) is 6.61 Å². The van der Waals surface area contributed by atoms with Crippen LogP contribution < -0.4 is 21.1 Å². The van der Waals surface area contributed by atoms with Gasteiger partial charge in [0.1, 0.15) is 5.75 Å². The Morgan fingerprint density at radius 1 is 1.45 bits per heavy atom. The lowest BCUT2D eigenvalue weighted by molar-refractivity contribution is -0.118. The Morgan fingerprint density at radius 3 is 3.15 bits per heavy atom. The van der Waals surface area contributed by atoms with Gasteiger partial charge in [0.25, 0.3) is 5.91 Å². The van der Waals surface area contributed by atoms with Crippen molar-refractivity contribution in [2.45, 2.75) is 6.54 Å². The molecule has 4 N–H and O–H groups in total.